The van der Waals surface area contributed by atoms with Gasteiger partial charge in [-0.2, -0.15) is 0 Å². The average Bonchev–Trinajstić information content (AvgIpc) is 2.96. The Morgan fingerprint density at radius 3 is 2.94 bits per heavy atom. The van der Waals surface area contributed by atoms with E-state index in [2.05, 4.69) is 4.90 Å². The molecule has 3 rings (SSSR count). The molecule has 3 aliphatic rings. The van der Waals surface area contributed by atoms with Gasteiger partial charge < -0.3 is 14.5 Å². The molecule has 1 amide bonds. The predicted octanol–water partition coefficient (Wildman–Crippen LogP) is 0.967. The number of nitrogens with zero attached hydrogens (tertiary/aromatic N) is 2. The normalized spacial score (nSPS) is 37.9. The van der Waals surface area contributed by atoms with Gasteiger partial charge >= 0.3 is 0 Å². The van der Waals surface area contributed by atoms with Crippen molar-refractivity contribution in [3.63, 3.8) is 0 Å². The summed E-state index contributed by atoms with van der Waals surface area (Å²) in [5, 5.41) is 0. The monoisotopic (exact) mass is 252 g/mol. The first kappa shape index (κ1) is 12.4. The molecular formula is C14H24N2O2. The number of likely N-dealkylation sites (tertiary alicyclic amines) is 2. The van der Waals surface area contributed by atoms with Crippen molar-refractivity contribution in [2.75, 3.05) is 46.4 Å². The predicted molar refractivity (Wildman–Crippen MR) is 69.3 cm³/mol. The molecule has 0 aromatic heterocycles. The molecule has 3 fully saturated rings. The molecule has 3 aliphatic heterocycles. The molecule has 0 radical (unpaired) electrons. The van der Waals surface area contributed by atoms with Gasteiger partial charge in [-0.3, -0.25) is 4.79 Å². The first-order chi connectivity index (χ1) is 8.70. The molecule has 0 aromatic rings. The Hall–Kier alpha value is -0.610. The van der Waals surface area contributed by atoms with Gasteiger partial charge in [0, 0.05) is 33.3 Å². The molecule has 4 heteroatoms. The molecule has 0 bridgehead atoms. The molecule has 4 nitrogen and oxygen atoms in total. The third-order valence-corrected chi connectivity index (χ3v) is 4.92. The van der Waals surface area contributed by atoms with E-state index in [9.17, 15) is 4.79 Å². The van der Waals surface area contributed by atoms with Crippen molar-refractivity contribution in [3.05, 3.63) is 0 Å². The zero-order valence-corrected chi connectivity index (χ0v) is 11.4. The lowest BCUT2D eigenvalue weighted by atomic mass is 9.78. The number of hydrogen-bond donors (Lipinski definition) is 0. The van der Waals surface area contributed by atoms with Crippen LogP contribution in [0.2, 0.25) is 0 Å². The van der Waals surface area contributed by atoms with Crippen LogP contribution in [0.1, 0.15) is 25.7 Å². The number of rotatable bonds is 2. The highest BCUT2D eigenvalue weighted by Gasteiger charge is 2.47. The zero-order valence-electron chi connectivity index (χ0n) is 11.4. The van der Waals surface area contributed by atoms with Gasteiger partial charge in [0.2, 0.25) is 5.91 Å². The maximum absolute atomic E-state index is 12.3. The highest BCUT2D eigenvalue weighted by Crippen LogP contribution is 2.39. The Balaban J connectivity index is 1.63. The lowest BCUT2D eigenvalue weighted by Crippen LogP contribution is -2.48. The van der Waals surface area contributed by atoms with E-state index in [0.29, 0.717) is 11.8 Å². The Kier molecular flexibility index (Phi) is 3.32. The Bertz CT molecular complexity index is 324. The number of piperidine rings is 1. The maximum atomic E-state index is 12.3. The lowest BCUT2D eigenvalue weighted by molar-refractivity contribution is -0.137. The summed E-state index contributed by atoms with van der Waals surface area (Å²) in [4.78, 5) is 16.8. The van der Waals surface area contributed by atoms with Gasteiger partial charge in [-0.25, -0.2) is 0 Å². The number of carbonyl (C=O) groups excluding carboxylic acids is 1. The molecule has 18 heavy (non-hydrogen) atoms. The number of ether oxygens (including phenoxy) is 1. The second kappa shape index (κ2) is 4.82. The van der Waals surface area contributed by atoms with Crippen LogP contribution in [0, 0.1) is 11.3 Å². The van der Waals surface area contributed by atoms with E-state index in [1.54, 1.807) is 0 Å². The molecule has 0 aliphatic carbocycles. The molecule has 2 atom stereocenters. The largest absolute Gasteiger partial charge is 0.381 e. The van der Waals surface area contributed by atoms with Crippen molar-refractivity contribution in [3.8, 4) is 0 Å². The van der Waals surface area contributed by atoms with Crippen molar-refractivity contribution in [1.29, 1.82) is 0 Å². The maximum Gasteiger partial charge on any atom is 0.229 e. The van der Waals surface area contributed by atoms with Crippen LogP contribution in [0.3, 0.4) is 0 Å². The first-order valence-corrected chi connectivity index (χ1v) is 7.25. The van der Waals surface area contributed by atoms with E-state index in [-0.39, 0.29) is 5.41 Å². The number of hydrogen-bond acceptors (Lipinski definition) is 3. The van der Waals surface area contributed by atoms with Gasteiger partial charge in [0.05, 0.1) is 12.0 Å². The highest BCUT2D eigenvalue weighted by atomic mass is 16.5. The fourth-order valence-corrected chi connectivity index (χ4v) is 3.85. The summed E-state index contributed by atoms with van der Waals surface area (Å²) in [6, 6.07) is 0. The van der Waals surface area contributed by atoms with Gasteiger partial charge in [-0.1, -0.05) is 0 Å². The Morgan fingerprint density at radius 1 is 1.39 bits per heavy atom. The van der Waals surface area contributed by atoms with Crippen molar-refractivity contribution in [1.82, 2.24) is 9.80 Å². The van der Waals surface area contributed by atoms with Crippen LogP contribution in [-0.2, 0) is 9.53 Å². The van der Waals surface area contributed by atoms with Gasteiger partial charge in [0.1, 0.15) is 0 Å². The minimum atomic E-state index is -0.0491. The van der Waals surface area contributed by atoms with Crippen molar-refractivity contribution in [2.45, 2.75) is 25.7 Å². The minimum absolute atomic E-state index is 0.0491. The van der Waals surface area contributed by atoms with Crippen LogP contribution in [0.4, 0.5) is 0 Å². The minimum Gasteiger partial charge on any atom is -0.381 e. The molecule has 0 unspecified atom stereocenters. The van der Waals surface area contributed by atoms with E-state index < -0.39 is 0 Å². The zero-order chi connectivity index (χ0) is 12.6. The lowest BCUT2D eigenvalue weighted by Gasteiger charge is -2.39. The van der Waals surface area contributed by atoms with Crippen LogP contribution in [-0.4, -0.2) is 62.1 Å². The summed E-state index contributed by atoms with van der Waals surface area (Å²) in [6.45, 7) is 6.04. The van der Waals surface area contributed by atoms with E-state index in [4.69, 9.17) is 4.74 Å². The van der Waals surface area contributed by atoms with Crippen molar-refractivity contribution < 1.29 is 9.53 Å². The van der Waals surface area contributed by atoms with E-state index in [1.807, 2.05) is 11.9 Å². The fourth-order valence-electron chi connectivity index (χ4n) is 3.85. The fraction of sp³-hybridized carbons (Fsp3) is 0.929. The van der Waals surface area contributed by atoms with Crippen LogP contribution in [0.15, 0.2) is 0 Å². The Labute approximate surface area is 109 Å². The molecule has 3 saturated heterocycles. The van der Waals surface area contributed by atoms with Crippen molar-refractivity contribution >= 4 is 5.91 Å². The van der Waals surface area contributed by atoms with Gasteiger partial charge in [0.15, 0.2) is 0 Å². The summed E-state index contributed by atoms with van der Waals surface area (Å²) >= 11 is 0. The average molecular weight is 252 g/mol. The smallest absolute Gasteiger partial charge is 0.229 e. The van der Waals surface area contributed by atoms with E-state index in [0.717, 1.165) is 52.2 Å². The van der Waals surface area contributed by atoms with E-state index in [1.165, 1.54) is 12.8 Å². The second-order valence-electron chi connectivity index (χ2n) is 6.33. The van der Waals surface area contributed by atoms with E-state index >= 15 is 0 Å². The first-order valence-electron chi connectivity index (χ1n) is 7.25. The number of carbonyl (C=O) groups is 1. The van der Waals surface area contributed by atoms with Crippen molar-refractivity contribution in [2.24, 2.45) is 11.3 Å². The topological polar surface area (TPSA) is 32.8 Å². The molecule has 0 aromatic carbocycles. The highest BCUT2D eigenvalue weighted by molar-refractivity contribution is 5.85. The number of amides is 1. The molecule has 0 N–H and O–H groups in total. The quantitative estimate of drug-likeness (QED) is 0.734. The molecule has 1 spiro atoms. The summed E-state index contributed by atoms with van der Waals surface area (Å²) < 4.78 is 5.45. The Morgan fingerprint density at radius 2 is 2.28 bits per heavy atom. The van der Waals surface area contributed by atoms with Crippen LogP contribution in [0.5, 0.6) is 0 Å². The SMILES string of the molecule is CN1CC[C@@]2(CCCN(C[C@H]3CCOC3)C2)C1=O. The van der Waals surface area contributed by atoms with Gasteiger partial charge in [-0.15, -0.1) is 0 Å². The van der Waals surface area contributed by atoms with Gasteiger partial charge in [-0.05, 0) is 38.1 Å². The van der Waals surface area contributed by atoms with Crippen LogP contribution >= 0.6 is 0 Å². The molecular weight excluding hydrogens is 228 g/mol. The van der Waals surface area contributed by atoms with Crippen LogP contribution in [0.25, 0.3) is 0 Å². The second-order valence-corrected chi connectivity index (χ2v) is 6.33. The van der Waals surface area contributed by atoms with Gasteiger partial charge in [0.25, 0.3) is 0 Å². The molecule has 102 valence electrons. The standard InChI is InChI=1S/C14H24N2O2/c1-15-7-5-14(13(15)17)4-2-6-16(11-14)9-12-3-8-18-10-12/h12H,2-11H2,1H3/t12-,14-/m1/s1. The summed E-state index contributed by atoms with van der Waals surface area (Å²) in [5.41, 5.74) is -0.0491. The summed E-state index contributed by atoms with van der Waals surface area (Å²) in [6.07, 6.45) is 4.51. The summed E-state index contributed by atoms with van der Waals surface area (Å²) in [7, 11) is 1.95. The third-order valence-electron chi connectivity index (χ3n) is 4.92. The molecule has 0 saturated carbocycles. The molecule has 3 heterocycles. The summed E-state index contributed by atoms with van der Waals surface area (Å²) in [5.74, 6) is 1.07. The van der Waals surface area contributed by atoms with Crippen LogP contribution < -0.4 is 0 Å². The third kappa shape index (κ3) is 2.16.